The third-order valence-corrected chi connectivity index (χ3v) is 6.44. The lowest BCUT2D eigenvalue weighted by atomic mass is 10.1. The molecule has 0 radical (unpaired) electrons. The van der Waals surface area contributed by atoms with Crippen LogP contribution in [0, 0.1) is 0 Å². The van der Waals surface area contributed by atoms with Crippen LogP contribution in [0.2, 0.25) is 0 Å². The molecule has 3 aromatic heterocycles. The van der Waals surface area contributed by atoms with Crippen LogP contribution in [0.3, 0.4) is 0 Å². The van der Waals surface area contributed by atoms with E-state index in [1.807, 2.05) is 80.6 Å². The van der Waals surface area contributed by atoms with Crippen LogP contribution in [0.15, 0.2) is 114 Å². The van der Waals surface area contributed by atoms with E-state index in [-0.39, 0.29) is 0 Å². The van der Waals surface area contributed by atoms with Gasteiger partial charge >= 0.3 is 0 Å². The number of hydrazone groups is 2. The van der Waals surface area contributed by atoms with Gasteiger partial charge in [0.05, 0.1) is 24.2 Å². The molecule has 0 aliphatic rings. The molecule has 0 bridgehead atoms. The molecule has 5 aromatic rings. The fourth-order valence-electron chi connectivity index (χ4n) is 4.15. The minimum absolute atomic E-state index is 0.342. The molecule has 0 spiro atoms. The van der Waals surface area contributed by atoms with Gasteiger partial charge in [0.2, 0.25) is 5.95 Å². The Morgan fingerprint density at radius 3 is 1.76 bits per heavy atom. The van der Waals surface area contributed by atoms with Crippen LogP contribution in [0.5, 0.6) is 5.75 Å². The smallest absolute Gasteiger partial charge is 0.231 e. The Bertz CT molecular complexity index is 1600. The number of benzene rings is 2. The summed E-state index contributed by atoms with van der Waals surface area (Å²) >= 11 is 0. The van der Waals surface area contributed by atoms with Crippen molar-refractivity contribution in [1.82, 2.24) is 19.9 Å². The van der Waals surface area contributed by atoms with Crippen LogP contribution in [0.1, 0.15) is 36.1 Å². The van der Waals surface area contributed by atoms with Gasteiger partial charge in [-0.05, 0) is 55.8 Å². The normalized spacial score (nSPS) is 11.6. The number of methoxy groups -OCH3 is 1. The van der Waals surface area contributed by atoms with Crippen LogP contribution < -0.4 is 20.9 Å². The molecule has 0 aliphatic heterocycles. The molecule has 0 atom stereocenters. The lowest BCUT2D eigenvalue weighted by Crippen LogP contribution is -2.11. The van der Waals surface area contributed by atoms with E-state index in [0.29, 0.717) is 29.8 Å². The highest BCUT2D eigenvalue weighted by atomic mass is 16.5. The van der Waals surface area contributed by atoms with Gasteiger partial charge in [-0.3, -0.25) is 20.8 Å². The maximum Gasteiger partial charge on any atom is 0.231 e. The van der Waals surface area contributed by atoms with Gasteiger partial charge in [0.1, 0.15) is 5.75 Å². The second-order valence-electron chi connectivity index (χ2n) is 9.30. The van der Waals surface area contributed by atoms with Crippen LogP contribution in [-0.2, 0) is 6.42 Å². The predicted octanol–water partition coefficient (Wildman–Crippen LogP) is 6.28. The Morgan fingerprint density at radius 2 is 1.21 bits per heavy atom. The monoisotopic (exact) mass is 557 g/mol. The summed E-state index contributed by atoms with van der Waals surface area (Å²) < 4.78 is 5.53. The summed E-state index contributed by atoms with van der Waals surface area (Å²) in [7, 11) is 1.62. The number of anilines is 4. The molecule has 3 N–H and O–H groups in total. The number of nitrogens with zero attached hydrogens (tertiary/aromatic N) is 6. The number of rotatable bonds is 11. The molecule has 0 amide bonds. The first-order valence-corrected chi connectivity index (χ1v) is 13.4. The molecule has 0 saturated carbocycles. The number of pyridine rings is 2. The molecule has 0 saturated heterocycles. The van der Waals surface area contributed by atoms with Crippen molar-refractivity contribution in [3.8, 4) is 5.75 Å². The molecule has 0 fully saturated rings. The third-order valence-electron chi connectivity index (χ3n) is 6.44. The number of para-hydroxylation sites is 2. The summed E-state index contributed by atoms with van der Waals surface area (Å²) in [6.07, 6.45) is 7.48. The maximum atomic E-state index is 5.53. The van der Waals surface area contributed by atoms with E-state index in [4.69, 9.17) is 14.7 Å². The van der Waals surface area contributed by atoms with Crippen molar-refractivity contribution < 1.29 is 4.74 Å². The van der Waals surface area contributed by atoms with Crippen molar-refractivity contribution in [2.45, 2.75) is 20.3 Å². The molecule has 0 unspecified atom stereocenters. The minimum Gasteiger partial charge on any atom is -0.495 e. The predicted molar refractivity (Wildman–Crippen MR) is 168 cm³/mol. The van der Waals surface area contributed by atoms with Crippen LogP contribution in [0.25, 0.3) is 0 Å². The largest absolute Gasteiger partial charge is 0.495 e. The van der Waals surface area contributed by atoms with Gasteiger partial charge in [0.25, 0.3) is 0 Å². The average molecular weight is 558 g/mol. The quantitative estimate of drug-likeness (QED) is 0.128. The van der Waals surface area contributed by atoms with Crippen molar-refractivity contribution in [3.63, 3.8) is 0 Å². The average Bonchev–Trinajstić information content (AvgIpc) is 3.05. The fraction of sp³-hybridized carbons (Fsp3) is 0.125. The molecular weight excluding hydrogens is 526 g/mol. The molecule has 42 heavy (non-hydrogen) atoms. The summed E-state index contributed by atoms with van der Waals surface area (Å²) in [6.45, 7) is 3.85. The van der Waals surface area contributed by atoms with Crippen molar-refractivity contribution in [2.75, 3.05) is 23.3 Å². The van der Waals surface area contributed by atoms with Crippen molar-refractivity contribution in [3.05, 3.63) is 126 Å². The van der Waals surface area contributed by atoms with Crippen LogP contribution in [0.4, 0.5) is 23.3 Å². The van der Waals surface area contributed by atoms with E-state index >= 15 is 0 Å². The fourth-order valence-corrected chi connectivity index (χ4v) is 4.15. The molecule has 0 aliphatic carbocycles. The first-order valence-electron chi connectivity index (χ1n) is 13.4. The molecule has 5 rings (SSSR count). The highest BCUT2D eigenvalue weighted by Crippen LogP contribution is 2.30. The zero-order valence-electron chi connectivity index (χ0n) is 23.6. The lowest BCUT2D eigenvalue weighted by molar-refractivity contribution is 0.417. The Hall–Kier alpha value is -5.64. The topological polar surface area (TPSA) is 122 Å². The Labute approximate surface area is 244 Å². The van der Waals surface area contributed by atoms with Gasteiger partial charge in [-0.15, -0.1) is 0 Å². The summed E-state index contributed by atoms with van der Waals surface area (Å²) in [5.41, 5.74) is 12.4. The van der Waals surface area contributed by atoms with Gasteiger partial charge in [0.15, 0.2) is 11.6 Å². The zero-order valence-corrected chi connectivity index (χ0v) is 23.6. The first-order chi connectivity index (χ1) is 20.6. The highest BCUT2D eigenvalue weighted by molar-refractivity contribution is 5.99. The molecule has 210 valence electrons. The highest BCUT2D eigenvalue weighted by Gasteiger charge is 2.17. The third kappa shape index (κ3) is 7.11. The molecule has 10 heteroatoms. The maximum absolute atomic E-state index is 5.53. The van der Waals surface area contributed by atoms with E-state index in [2.05, 4.69) is 48.5 Å². The standard InChI is InChI=1S/C32H31N9O/c1-22(25-13-17-33-18-14-25)38-40-30-27(21-24-9-5-4-6-10-24)31(41-39-23(2)26-15-19-34-20-16-26)37-32(36-30)35-28-11-7-8-12-29(28)42-3/h4-20H,21H2,1-3H3,(H3,35,36,37,40,41). The Morgan fingerprint density at radius 1 is 0.690 bits per heavy atom. The summed E-state index contributed by atoms with van der Waals surface area (Å²) in [6, 6.07) is 25.3. The van der Waals surface area contributed by atoms with Crippen molar-refractivity contribution >= 4 is 34.7 Å². The lowest BCUT2D eigenvalue weighted by Gasteiger charge is -2.17. The summed E-state index contributed by atoms with van der Waals surface area (Å²) in [5, 5.41) is 12.6. The number of aromatic nitrogens is 4. The van der Waals surface area contributed by atoms with E-state index in [0.717, 1.165) is 39.4 Å². The van der Waals surface area contributed by atoms with Gasteiger partial charge in [-0.2, -0.15) is 20.2 Å². The van der Waals surface area contributed by atoms with Gasteiger partial charge in [-0.1, -0.05) is 42.5 Å². The first kappa shape index (κ1) is 27.9. The van der Waals surface area contributed by atoms with Crippen molar-refractivity contribution in [2.24, 2.45) is 10.2 Å². The van der Waals surface area contributed by atoms with Crippen molar-refractivity contribution in [1.29, 1.82) is 0 Å². The van der Waals surface area contributed by atoms with E-state index in [1.165, 1.54) is 0 Å². The summed E-state index contributed by atoms with van der Waals surface area (Å²) in [5.74, 6) is 2.06. The number of nitrogens with one attached hydrogen (secondary N) is 3. The molecule has 3 heterocycles. The minimum atomic E-state index is 0.342. The van der Waals surface area contributed by atoms with Crippen LogP contribution >= 0.6 is 0 Å². The SMILES string of the molecule is COc1ccccc1Nc1nc(NN=C(C)c2ccncc2)c(Cc2ccccc2)c(NN=C(C)c2ccncc2)n1. The summed E-state index contributed by atoms with van der Waals surface area (Å²) in [4.78, 5) is 17.9. The second kappa shape index (κ2) is 13.6. The number of hydrogen-bond donors (Lipinski definition) is 3. The van der Waals surface area contributed by atoms with E-state index in [9.17, 15) is 0 Å². The van der Waals surface area contributed by atoms with E-state index in [1.54, 1.807) is 31.9 Å². The van der Waals surface area contributed by atoms with Gasteiger partial charge in [-0.25, -0.2) is 0 Å². The molecule has 10 nitrogen and oxygen atoms in total. The molecular formula is C32H31N9O. The van der Waals surface area contributed by atoms with Gasteiger partial charge < -0.3 is 10.1 Å². The second-order valence-corrected chi connectivity index (χ2v) is 9.30. The van der Waals surface area contributed by atoms with Gasteiger partial charge in [0, 0.05) is 47.9 Å². The Balaban J connectivity index is 1.59. The Kier molecular flexibility index (Phi) is 9.05. The molecule has 2 aromatic carbocycles. The van der Waals surface area contributed by atoms with E-state index < -0.39 is 0 Å². The number of hydrogen-bond acceptors (Lipinski definition) is 10. The number of ether oxygens (including phenoxy) is 1. The van der Waals surface area contributed by atoms with Crippen LogP contribution in [-0.4, -0.2) is 38.5 Å². The zero-order chi connectivity index (χ0) is 29.1.